The van der Waals surface area contributed by atoms with Gasteiger partial charge in [-0.2, -0.15) is 0 Å². The van der Waals surface area contributed by atoms with E-state index in [2.05, 4.69) is 5.32 Å². The molecule has 0 heterocycles. The third-order valence-corrected chi connectivity index (χ3v) is 10.4. The van der Waals surface area contributed by atoms with Crippen molar-refractivity contribution in [3.63, 3.8) is 0 Å². The van der Waals surface area contributed by atoms with E-state index in [1.807, 2.05) is 74.5 Å². The van der Waals surface area contributed by atoms with Crippen LogP contribution >= 0.6 is 11.6 Å². The number of ether oxygens (including phenoxy) is 1. The van der Waals surface area contributed by atoms with E-state index in [1.54, 1.807) is 60.7 Å². The van der Waals surface area contributed by atoms with Gasteiger partial charge in [0.05, 0.1) is 10.6 Å². The van der Waals surface area contributed by atoms with E-state index in [-0.39, 0.29) is 29.5 Å². The smallest absolute Gasteiger partial charge is 0.264 e. The summed E-state index contributed by atoms with van der Waals surface area (Å²) in [5, 5.41) is 3.54. The van der Waals surface area contributed by atoms with Crippen LogP contribution < -0.4 is 14.4 Å². The molecule has 8 nitrogen and oxygen atoms in total. The lowest BCUT2D eigenvalue weighted by atomic mass is 10.0. The molecule has 0 aliphatic carbocycles. The molecule has 0 spiro atoms. The van der Waals surface area contributed by atoms with Crippen molar-refractivity contribution in [3.05, 3.63) is 155 Å². The van der Waals surface area contributed by atoms with Crippen LogP contribution in [0.1, 0.15) is 36.5 Å². The highest BCUT2D eigenvalue weighted by molar-refractivity contribution is 7.92. The van der Waals surface area contributed by atoms with Crippen LogP contribution in [0.2, 0.25) is 5.02 Å². The molecular formula is C41H42ClN3O5S. The second kappa shape index (κ2) is 17.7. The number of carbonyl (C=O) groups is 2. The first kappa shape index (κ1) is 37.1. The molecule has 0 aromatic heterocycles. The minimum atomic E-state index is -4.25. The van der Waals surface area contributed by atoms with Gasteiger partial charge in [0.2, 0.25) is 11.8 Å². The molecule has 2 amide bonds. The monoisotopic (exact) mass is 723 g/mol. The number of carbonyl (C=O) groups excluding carboxylic acids is 2. The summed E-state index contributed by atoms with van der Waals surface area (Å²) in [6.07, 6.45) is 1.90. The Bertz CT molecular complexity index is 1970. The lowest BCUT2D eigenvalue weighted by molar-refractivity contribution is -0.140. The van der Waals surface area contributed by atoms with Gasteiger partial charge in [-0.25, -0.2) is 8.42 Å². The Labute approximate surface area is 305 Å². The molecule has 5 aromatic rings. The first-order chi connectivity index (χ1) is 24.6. The number of unbranched alkanes of at least 4 members (excludes halogenated alkanes) is 1. The van der Waals surface area contributed by atoms with Crippen LogP contribution in [0.3, 0.4) is 0 Å². The Morgan fingerprint density at radius 1 is 0.765 bits per heavy atom. The van der Waals surface area contributed by atoms with Crippen molar-refractivity contribution in [2.45, 2.75) is 50.6 Å². The lowest BCUT2D eigenvalue weighted by Crippen LogP contribution is -2.53. The summed E-state index contributed by atoms with van der Waals surface area (Å²) >= 11 is 6.19. The molecular weight excluding hydrogens is 682 g/mol. The number of nitrogens with one attached hydrogen (secondary N) is 1. The molecule has 1 unspecified atom stereocenters. The highest BCUT2D eigenvalue weighted by atomic mass is 35.5. The maximum Gasteiger partial charge on any atom is 0.264 e. The number of halogens is 1. The van der Waals surface area contributed by atoms with Gasteiger partial charge < -0.3 is 15.0 Å². The van der Waals surface area contributed by atoms with Crippen molar-refractivity contribution >= 4 is 39.1 Å². The molecule has 10 heteroatoms. The quantitative estimate of drug-likeness (QED) is 0.104. The van der Waals surface area contributed by atoms with Crippen LogP contribution in [-0.2, 0) is 32.6 Å². The van der Waals surface area contributed by atoms with Crippen molar-refractivity contribution in [2.24, 2.45) is 0 Å². The Kier molecular flexibility index (Phi) is 12.9. The average Bonchev–Trinajstić information content (AvgIpc) is 3.14. The molecule has 0 aliphatic heterocycles. The largest absolute Gasteiger partial charge is 0.457 e. The minimum absolute atomic E-state index is 0.0351. The van der Waals surface area contributed by atoms with E-state index in [1.165, 1.54) is 17.0 Å². The summed E-state index contributed by atoms with van der Waals surface area (Å²) in [6, 6.07) is 37.8. The van der Waals surface area contributed by atoms with Gasteiger partial charge in [0.15, 0.2) is 0 Å². The summed E-state index contributed by atoms with van der Waals surface area (Å²) in [4.78, 5) is 30.1. The zero-order valence-electron chi connectivity index (χ0n) is 28.7. The summed E-state index contributed by atoms with van der Waals surface area (Å²) in [7, 11) is -4.25. The van der Waals surface area contributed by atoms with Gasteiger partial charge in [-0.3, -0.25) is 13.9 Å². The SMILES string of the molecule is CCCCNC(=O)C(Cc1ccccc1)N(Cc1ccc(Cl)cc1)C(=O)CN(c1ccc(Oc2ccccc2)cc1)S(=O)(=O)c1ccc(C)cc1. The highest BCUT2D eigenvalue weighted by Gasteiger charge is 2.34. The summed E-state index contributed by atoms with van der Waals surface area (Å²) in [5.74, 6) is 0.269. The van der Waals surface area contributed by atoms with Crippen molar-refractivity contribution in [2.75, 3.05) is 17.4 Å². The number of para-hydroxylation sites is 1. The number of aryl methyl sites for hydroxylation is 1. The maximum atomic E-state index is 14.7. The number of anilines is 1. The zero-order chi connectivity index (χ0) is 36.2. The standard InChI is InChI=1S/C41H42ClN3O5S/c1-3-4-27-43-41(47)39(28-32-11-7-5-8-12-32)44(29-33-17-19-34(42)20-18-33)40(46)30-45(51(48,49)38-25-15-31(2)16-26-38)35-21-23-37(24-22-35)50-36-13-9-6-10-14-36/h5-26,39H,3-4,27-30H2,1-2H3,(H,43,47). The molecule has 264 valence electrons. The fourth-order valence-electron chi connectivity index (χ4n) is 5.52. The zero-order valence-corrected chi connectivity index (χ0v) is 30.3. The Morgan fingerprint density at radius 3 is 2.00 bits per heavy atom. The van der Waals surface area contributed by atoms with Crippen LogP contribution in [0.4, 0.5) is 5.69 Å². The number of hydrogen-bond donors (Lipinski definition) is 1. The van der Waals surface area contributed by atoms with Gasteiger partial charge >= 0.3 is 0 Å². The molecule has 5 aromatic carbocycles. The van der Waals surface area contributed by atoms with E-state index in [4.69, 9.17) is 16.3 Å². The molecule has 0 saturated heterocycles. The predicted octanol–water partition coefficient (Wildman–Crippen LogP) is 8.19. The molecule has 0 bridgehead atoms. The lowest BCUT2D eigenvalue weighted by Gasteiger charge is -2.34. The first-order valence-electron chi connectivity index (χ1n) is 16.9. The average molecular weight is 724 g/mol. The highest BCUT2D eigenvalue weighted by Crippen LogP contribution is 2.29. The molecule has 1 atom stereocenters. The Hall–Kier alpha value is -5.12. The fraction of sp³-hybridized carbons (Fsp3) is 0.220. The Morgan fingerprint density at radius 2 is 1.37 bits per heavy atom. The molecule has 0 aliphatic rings. The molecule has 5 rings (SSSR count). The van der Waals surface area contributed by atoms with Gasteiger partial charge in [0, 0.05) is 24.5 Å². The second-order valence-corrected chi connectivity index (χ2v) is 14.5. The van der Waals surface area contributed by atoms with Crippen molar-refractivity contribution in [3.8, 4) is 11.5 Å². The molecule has 0 radical (unpaired) electrons. The normalized spacial score (nSPS) is 11.7. The van der Waals surface area contributed by atoms with E-state index < -0.39 is 28.5 Å². The van der Waals surface area contributed by atoms with E-state index in [9.17, 15) is 18.0 Å². The first-order valence-corrected chi connectivity index (χ1v) is 18.7. The maximum absolute atomic E-state index is 14.7. The van der Waals surface area contributed by atoms with Gasteiger partial charge in [-0.05, 0) is 85.1 Å². The van der Waals surface area contributed by atoms with Crippen LogP contribution in [0.25, 0.3) is 0 Å². The summed E-state index contributed by atoms with van der Waals surface area (Å²) in [6.45, 7) is 3.85. The van der Waals surface area contributed by atoms with Crippen molar-refractivity contribution < 1.29 is 22.7 Å². The fourth-order valence-corrected chi connectivity index (χ4v) is 7.06. The number of amides is 2. The van der Waals surface area contributed by atoms with E-state index in [0.29, 0.717) is 23.1 Å². The molecule has 1 N–H and O–H groups in total. The van der Waals surface area contributed by atoms with Crippen LogP contribution in [0, 0.1) is 6.92 Å². The van der Waals surface area contributed by atoms with Crippen LogP contribution in [0.5, 0.6) is 11.5 Å². The van der Waals surface area contributed by atoms with Crippen LogP contribution in [0.15, 0.2) is 138 Å². The summed E-state index contributed by atoms with van der Waals surface area (Å²) in [5.41, 5.74) is 2.76. The number of benzene rings is 5. The molecule has 51 heavy (non-hydrogen) atoms. The third kappa shape index (κ3) is 10.2. The van der Waals surface area contributed by atoms with Gasteiger partial charge in [-0.15, -0.1) is 0 Å². The van der Waals surface area contributed by atoms with E-state index >= 15 is 0 Å². The number of rotatable bonds is 16. The number of hydrogen-bond acceptors (Lipinski definition) is 5. The number of sulfonamides is 1. The van der Waals surface area contributed by atoms with Gasteiger partial charge in [0.1, 0.15) is 24.1 Å². The van der Waals surface area contributed by atoms with Crippen molar-refractivity contribution in [1.82, 2.24) is 10.2 Å². The Balaban J connectivity index is 1.54. The molecule has 0 fully saturated rings. The minimum Gasteiger partial charge on any atom is -0.457 e. The number of nitrogens with zero attached hydrogens (tertiary/aromatic N) is 2. The predicted molar refractivity (Wildman–Crippen MR) is 203 cm³/mol. The second-order valence-electron chi connectivity index (χ2n) is 12.2. The third-order valence-electron chi connectivity index (χ3n) is 8.36. The molecule has 0 saturated carbocycles. The van der Waals surface area contributed by atoms with Gasteiger partial charge in [-0.1, -0.05) is 103 Å². The topological polar surface area (TPSA) is 96.0 Å². The van der Waals surface area contributed by atoms with E-state index in [0.717, 1.165) is 33.8 Å². The summed E-state index contributed by atoms with van der Waals surface area (Å²) < 4.78 is 35.8. The van der Waals surface area contributed by atoms with Gasteiger partial charge in [0.25, 0.3) is 10.0 Å². The van der Waals surface area contributed by atoms with Crippen molar-refractivity contribution in [1.29, 1.82) is 0 Å². The van der Waals surface area contributed by atoms with Crippen LogP contribution in [-0.4, -0.2) is 44.3 Å².